The van der Waals surface area contributed by atoms with Crippen LogP contribution < -0.4 is 9.99 Å². The van der Waals surface area contributed by atoms with Crippen LogP contribution >= 0.6 is 0 Å². The van der Waals surface area contributed by atoms with Gasteiger partial charge < -0.3 is 0 Å². The average molecular weight is 302 g/mol. The van der Waals surface area contributed by atoms with Crippen molar-refractivity contribution in [2.24, 2.45) is 0 Å². The van der Waals surface area contributed by atoms with E-state index in [4.69, 9.17) is 0 Å². The van der Waals surface area contributed by atoms with E-state index in [1.165, 1.54) is 4.57 Å². The van der Waals surface area contributed by atoms with Crippen LogP contribution in [0, 0.1) is 0 Å². The summed E-state index contributed by atoms with van der Waals surface area (Å²) in [5, 5.41) is 0.640. The summed E-state index contributed by atoms with van der Waals surface area (Å²) in [5.41, 5.74) is 0.416. The van der Waals surface area contributed by atoms with Crippen molar-refractivity contribution in [3.63, 3.8) is 0 Å². The van der Waals surface area contributed by atoms with E-state index in [0.29, 0.717) is 11.1 Å². The molecule has 2 aromatic carbocycles. The third kappa shape index (κ3) is 1.76. The molecule has 18 heavy (non-hydrogen) atoms. The monoisotopic (exact) mass is 303 g/mol. The van der Waals surface area contributed by atoms with E-state index in [-0.39, 0.29) is 24.5 Å². The maximum atomic E-state index is 12.3. The Bertz CT molecular complexity index is 818. The zero-order chi connectivity index (χ0) is 12.5. The van der Waals surface area contributed by atoms with Crippen molar-refractivity contribution in [3.05, 3.63) is 74.2 Å². The van der Waals surface area contributed by atoms with Crippen LogP contribution in [0.1, 0.15) is 0 Å². The zero-order valence-electron chi connectivity index (χ0n) is 9.37. The van der Waals surface area contributed by atoms with Crippen molar-refractivity contribution in [1.82, 2.24) is 4.57 Å². The van der Waals surface area contributed by atoms with E-state index in [1.54, 1.807) is 18.2 Å². The van der Waals surface area contributed by atoms with Crippen LogP contribution in [0.4, 0.5) is 0 Å². The van der Waals surface area contributed by atoms with Gasteiger partial charge in [0.05, 0.1) is 0 Å². The van der Waals surface area contributed by atoms with Gasteiger partial charge >= 0.3 is 109 Å². The molecule has 88 valence electrons. The molecule has 0 unspecified atom stereocenters. The third-order valence-corrected chi connectivity index (χ3v) is 4.67. The van der Waals surface area contributed by atoms with E-state index in [1.807, 2.05) is 36.4 Å². The Morgan fingerprint density at radius 2 is 1.50 bits per heavy atom. The van der Waals surface area contributed by atoms with Crippen molar-refractivity contribution < 1.29 is 0 Å². The number of para-hydroxylation sites is 1. The van der Waals surface area contributed by atoms with E-state index in [9.17, 15) is 9.59 Å². The first-order chi connectivity index (χ1) is 8.77. The van der Waals surface area contributed by atoms with E-state index < -0.39 is 0 Å². The molecule has 1 aromatic heterocycles. The molecule has 0 spiro atoms. The molecule has 3 aromatic rings. The molecule has 1 heterocycles. The van der Waals surface area contributed by atoms with Crippen molar-refractivity contribution in [2.75, 3.05) is 0 Å². The van der Waals surface area contributed by atoms with Gasteiger partial charge in [0.15, 0.2) is 0 Å². The van der Waals surface area contributed by atoms with Crippen LogP contribution in [0.2, 0.25) is 0 Å². The predicted molar refractivity (Wildman–Crippen MR) is 72.8 cm³/mol. The van der Waals surface area contributed by atoms with Crippen molar-refractivity contribution in [2.45, 2.75) is 0 Å². The van der Waals surface area contributed by atoms with Gasteiger partial charge in [0.25, 0.3) is 0 Å². The van der Waals surface area contributed by atoms with Gasteiger partial charge in [-0.1, -0.05) is 0 Å². The van der Waals surface area contributed by atoms with Gasteiger partial charge in [-0.3, -0.25) is 0 Å². The summed E-state index contributed by atoms with van der Waals surface area (Å²) in [6.07, 6.45) is 0. The Hall–Kier alpha value is -1.90. The second kappa shape index (κ2) is 4.41. The van der Waals surface area contributed by atoms with Crippen molar-refractivity contribution in [1.29, 1.82) is 0 Å². The van der Waals surface area contributed by atoms with Crippen LogP contribution in [0.5, 0.6) is 0 Å². The number of fused-ring (bicyclic) bond motifs is 1. The van der Waals surface area contributed by atoms with Crippen LogP contribution in [0.3, 0.4) is 0 Å². The number of hydrogen-bond acceptors (Lipinski definition) is 2. The molecule has 3 rings (SSSR count). The Morgan fingerprint density at radius 1 is 0.833 bits per heavy atom. The van der Waals surface area contributed by atoms with Crippen molar-refractivity contribution in [3.8, 4) is 5.69 Å². The van der Waals surface area contributed by atoms with E-state index in [0.717, 1.165) is 4.26 Å². The van der Waals surface area contributed by atoms with Crippen LogP contribution in [-0.2, 0) is 0 Å². The molecule has 0 saturated heterocycles. The summed E-state index contributed by atoms with van der Waals surface area (Å²) >= 11 is -0.333. The molecule has 0 saturated carbocycles. The molecule has 4 heteroatoms. The number of nitrogens with zero attached hydrogens (tertiary/aromatic N) is 1. The molecule has 3 nitrogen and oxygen atoms in total. The van der Waals surface area contributed by atoms with Gasteiger partial charge in [-0.15, -0.1) is 0 Å². The van der Waals surface area contributed by atoms with Crippen molar-refractivity contribution >= 4 is 24.1 Å². The van der Waals surface area contributed by atoms with E-state index >= 15 is 0 Å². The molecule has 0 aliphatic heterocycles. The van der Waals surface area contributed by atoms with Gasteiger partial charge in [0.2, 0.25) is 0 Å². The second-order valence-electron chi connectivity index (χ2n) is 3.84. The van der Waals surface area contributed by atoms with E-state index in [2.05, 4.69) is 0 Å². The molecule has 0 amide bonds. The first-order valence-corrected chi connectivity index (χ1v) is 7.19. The Morgan fingerprint density at radius 3 is 2.28 bits per heavy atom. The summed E-state index contributed by atoms with van der Waals surface area (Å²) in [6.45, 7) is 0. The second-order valence-corrected chi connectivity index (χ2v) is 5.92. The van der Waals surface area contributed by atoms with Gasteiger partial charge in [-0.05, 0) is 0 Å². The quantitative estimate of drug-likeness (QED) is 0.638. The maximum absolute atomic E-state index is 12.3. The molecular formula is C14H9NO2Se. The Kier molecular flexibility index (Phi) is 2.74. The molecule has 0 atom stereocenters. The number of aromatic nitrogens is 1. The fourth-order valence-corrected chi connectivity index (χ4v) is 3.72. The number of benzene rings is 2. The first-order valence-electron chi connectivity index (χ1n) is 5.48. The topological polar surface area (TPSA) is 39.1 Å². The summed E-state index contributed by atoms with van der Waals surface area (Å²) < 4.78 is 2.03. The number of rotatable bonds is 1. The Labute approximate surface area is 109 Å². The van der Waals surface area contributed by atoms with Gasteiger partial charge in [0, 0.05) is 0 Å². The minimum absolute atomic E-state index is 0.114. The molecule has 0 N–H and O–H groups in total. The SMILES string of the molecule is O=c1[se]c2ccccc2c(=O)n1-c1ccccc1. The predicted octanol–water partition coefficient (Wildman–Crippen LogP) is 1.41. The first kappa shape index (κ1) is 11.2. The van der Waals surface area contributed by atoms with Gasteiger partial charge in [-0.2, -0.15) is 0 Å². The minimum atomic E-state index is -0.333. The average Bonchev–Trinajstić information content (AvgIpc) is 2.40. The number of hydrogen-bond donors (Lipinski definition) is 0. The van der Waals surface area contributed by atoms with Crippen LogP contribution in [0.25, 0.3) is 15.3 Å². The molecule has 0 aliphatic carbocycles. The zero-order valence-corrected chi connectivity index (χ0v) is 11.1. The van der Waals surface area contributed by atoms with Crippen LogP contribution in [-0.4, -0.2) is 19.1 Å². The fourth-order valence-electron chi connectivity index (χ4n) is 1.88. The summed E-state index contributed by atoms with van der Waals surface area (Å²) in [6, 6.07) is 16.4. The summed E-state index contributed by atoms with van der Waals surface area (Å²) in [4.78, 5) is 24.4. The molecule has 0 bridgehead atoms. The van der Waals surface area contributed by atoms with Gasteiger partial charge in [0.1, 0.15) is 0 Å². The molecule has 0 fully saturated rings. The molecule has 0 radical (unpaired) electrons. The standard InChI is InChI=1S/C14H9NO2Se/c16-13-11-8-4-5-9-12(11)18-14(17)15(13)10-6-2-1-3-7-10/h1-9H. The van der Waals surface area contributed by atoms with Crippen LogP contribution in [0.15, 0.2) is 64.2 Å². The summed E-state index contributed by atoms with van der Waals surface area (Å²) in [5.74, 6) is 0. The Balaban J connectivity index is 2.45. The summed E-state index contributed by atoms with van der Waals surface area (Å²) in [7, 11) is 0. The van der Waals surface area contributed by atoms with Gasteiger partial charge in [-0.25, -0.2) is 0 Å². The molecular weight excluding hydrogens is 293 g/mol. The molecule has 0 aliphatic rings. The normalized spacial score (nSPS) is 10.7. The third-order valence-electron chi connectivity index (χ3n) is 2.71. The fraction of sp³-hybridized carbons (Fsp3) is 0.